The highest BCUT2D eigenvalue weighted by Gasteiger charge is 2.22. The van der Waals surface area contributed by atoms with Crippen molar-refractivity contribution >= 4 is 23.2 Å². The van der Waals surface area contributed by atoms with Gasteiger partial charge in [-0.25, -0.2) is 4.84 Å². The van der Waals surface area contributed by atoms with Gasteiger partial charge in [0.2, 0.25) is 0 Å². The molecule has 98 valence electrons. The van der Waals surface area contributed by atoms with Crippen LogP contribution in [-0.4, -0.2) is 35.8 Å². The number of likely N-dealkylation sites (tertiary alicyclic amines) is 1. The highest BCUT2D eigenvalue weighted by atomic mass is 35.5. The van der Waals surface area contributed by atoms with E-state index in [0.29, 0.717) is 16.3 Å². The number of amides is 1. The third-order valence-electron chi connectivity index (χ3n) is 2.85. The molecule has 1 aromatic rings. The maximum Gasteiger partial charge on any atom is 0.256 e. The smallest absolute Gasteiger partial charge is 0.256 e. The van der Waals surface area contributed by atoms with Gasteiger partial charge in [0, 0.05) is 18.1 Å². The highest BCUT2D eigenvalue weighted by Crippen LogP contribution is 2.24. The van der Waals surface area contributed by atoms with Gasteiger partial charge in [0.1, 0.15) is 0 Å². The van der Waals surface area contributed by atoms with Crippen LogP contribution in [0, 0.1) is 0 Å². The van der Waals surface area contributed by atoms with E-state index in [4.69, 9.17) is 21.5 Å². The third-order valence-corrected chi connectivity index (χ3v) is 3.09. The lowest BCUT2D eigenvalue weighted by Gasteiger charge is -2.18. The maximum atomic E-state index is 12.3. The first-order valence-corrected chi connectivity index (χ1v) is 6.17. The van der Waals surface area contributed by atoms with Crippen molar-refractivity contribution < 1.29 is 14.7 Å². The molecule has 1 aromatic carbocycles. The Balaban J connectivity index is 2.21. The Labute approximate surface area is 110 Å². The van der Waals surface area contributed by atoms with Crippen molar-refractivity contribution in [2.24, 2.45) is 0 Å². The second kappa shape index (κ2) is 6.04. The van der Waals surface area contributed by atoms with Gasteiger partial charge < -0.3 is 10.0 Å². The SMILES string of the molecule is O=C(c1ccc(Cl)cc1NOCO)N1CCCC1. The summed E-state index contributed by atoms with van der Waals surface area (Å²) < 4.78 is 0. The number of nitrogens with zero attached hydrogens (tertiary/aromatic N) is 1. The van der Waals surface area contributed by atoms with Crippen LogP contribution < -0.4 is 5.48 Å². The molecular formula is C12H15ClN2O3. The summed E-state index contributed by atoms with van der Waals surface area (Å²) in [6.07, 6.45) is 2.07. The van der Waals surface area contributed by atoms with Crippen LogP contribution >= 0.6 is 11.6 Å². The van der Waals surface area contributed by atoms with Crippen LogP contribution in [0.4, 0.5) is 5.69 Å². The van der Waals surface area contributed by atoms with E-state index in [-0.39, 0.29) is 5.91 Å². The number of carbonyl (C=O) groups excluding carboxylic acids is 1. The lowest BCUT2D eigenvalue weighted by molar-refractivity contribution is 0.0305. The van der Waals surface area contributed by atoms with Crippen molar-refractivity contribution in [1.29, 1.82) is 0 Å². The van der Waals surface area contributed by atoms with E-state index in [9.17, 15) is 4.79 Å². The fourth-order valence-corrected chi connectivity index (χ4v) is 2.16. The van der Waals surface area contributed by atoms with E-state index in [2.05, 4.69) is 5.48 Å². The standard InChI is InChI=1S/C12H15ClN2O3/c13-9-3-4-10(11(7-9)14-18-8-16)12(17)15-5-1-2-6-15/h3-4,7,14,16H,1-2,5-6,8H2. The minimum absolute atomic E-state index is 0.0480. The van der Waals surface area contributed by atoms with Gasteiger partial charge in [0.15, 0.2) is 6.79 Å². The molecule has 2 N–H and O–H groups in total. The number of aliphatic hydroxyl groups excluding tert-OH is 1. The van der Waals surface area contributed by atoms with Crippen LogP contribution in [0.25, 0.3) is 0 Å². The quantitative estimate of drug-likeness (QED) is 0.648. The Morgan fingerprint density at radius 1 is 1.44 bits per heavy atom. The van der Waals surface area contributed by atoms with Crippen LogP contribution in [0.2, 0.25) is 5.02 Å². The molecule has 0 radical (unpaired) electrons. The molecule has 0 bridgehead atoms. The second-order valence-electron chi connectivity index (χ2n) is 4.06. The van der Waals surface area contributed by atoms with Crippen LogP contribution in [0.3, 0.4) is 0 Å². The number of anilines is 1. The molecule has 0 aliphatic carbocycles. The number of hydrogen-bond acceptors (Lipinski definition) is 4. The number of carbonyl (C=O) groups is 1. The monoisotopic (exact) mass is 270 g/mol. The highest BCUT2D eigenvalue weighted by molar-refractivity contribution is 6.31. The van der Waals surface area contributed by atoms with E-state index in [1.54, 1.807) is 23.1 Å². The van der Waals surface area contributed by atoms with E-state index in [0.717, 1.165) is 25.9 Å². The molecule has 0 saturated carbocycles. The van der Waals surface area contributed by atoms with Crippen molar-refractivity contribution in [3.63, 3.8) is 0 Å². The van der Waals surface area contributed by atoms with Gasteiger partial charge in [-0.05, 0) is 31.0 Å². The molecule has 2 rings (SSSR count). The molecule has 5 nitrogen and oxygen atoms in total. The number of benzene rings is 1. The zero-order chi connectivity index (χ0) is 13.0. The molecule has 0 unspecified atom stereocenters. The van der Waals surface area contributed by atoms with Crippen LogP contribution in [0.15, 0.2) is 18.2 Å². The summed E-state index contributed by atoms with van der Waals surface area (Å²) >= 11 is 5.88. The van der Waals surface area contributed by atoms with Crippen LogP contribution in [0.5, 0.6) is 0 Å². The summed E-state index contributed by atoms with van der Waals surface area (Å²) in [5.74, 6) is -0.0480. The predicted octanol–water partition coefficient (Wildman–Crippen LogP) is 1.87. The van der Waals surface area contributed by atoms with Crippen molar-refractivity contribution in [2.45, 2.75) is 12.8 Å². The largest absolute Gasteiger partial charge is 0.368 e. The topological polar surface area (TPSA) is 61.8 Å². The summed E-state index contributed by atoms with van der Waals surface area (Å²) in [5.41, 5.74) is 3.49. The first kappa shape index (κ1) is 13.1. The van der Waals surface area contributed by atoms with E-state index < -0.39 is 6.79 Å². The molecule has 6 heteroatoms. The molecule has 0 spiro atoms. The Morgan fingerprint density at radius 2 is 2.17 bits per heavy atom. The number of halogens is 1. The van der Waals surface area contributed by atoms with Crippen LogP contribution in [-0.2, 0) is 4.84 Å². The minimum Gasteiger partial charge on any atom is -0.368 e. The van der Waals surface area contributed by atoms with Crippen LogP contribution in [0.1, 0.15) is 23.2 Å². The normalized spacial score (nSPS) is 14.9. The average molecular weight is 271 g/mol. The first-order valence-electron chi connectivity index (χ1n) is 5.80. The fourth-order valence-electron chi connectivity index (χ4n) is 1.99. The fraction of sp³-hybridized carbons (Fsp3) is 0.417. The minimum atomic E-state index is -0.482. The predicted molar refractivity (Wildman–Crippen MR) is 68.4 cm³/mol. The van der Waals surface area contributed by atoms with Gasteiger partial charge in [-0.3, -0.25) is 10.3 Å². The van der Waals surface area contributed by atoms with E-state index in [1.807, 2.05) is 0 Å². The number of rotatable bonds is 4. The van der Waals surface area contributed by atoms with E-state index >= 15 is 0 Å². The molecule has 0 aromatic heterocycles. The molecular weight excluding hydrogens is 256 g/mol. The average Bonchev–Trinajstić information content (AvgIpc) is 2.89. The number of hydrogen-bond donors (Lipinski definition) is 2. The summed E-state index contributed by atoms with van der Waals surface area (Å²) in [4.78, 5) is 18.8. The second-order valence-corrected chi connectivity index (χ2v) is 4.50. The Morgan fingerprint density at radius 3 is 2.83 bits per heavy atom. The Hall–Kier alpha value is -1.30. The van der Waals surface area contributed by atoms with E-state index in [1.165, 1.54) is 0 Å². The summed E-state index contributed by atoms with van der Waals surface area (Å²) in [6, 6.07) is 4.92. The van der Waals surface area contributed by atoms with Gasteiger partial charge in [0.25, 0.3) is 5.91 Å². The molecule has 1 fully saturated rings. The molecule has 1 aliphatic heterocycles. The van der Waals surface area contributed by atoms with Crippen molar-refractivity contribution in [1.82, 2.24) is 4.90 Å². The molecule has 1 saturated heterocycles. The van der Waals surface area contributed by atoms with Gasteiger partial charge in [-0.15, -0.1) is 0 Å². The summed E-state index contributed by atoms with van der Waals surface area (Å²) in [5, 5.41) is 9.12. The Kier molecular flexibility index (Phi) is 4.41. The zero-order valence-electron chi connectivity index (χ0n) is 9.86. The lowest BCUT2D eigenvalue weighted by Crippen LogP contribution is -2.28. The maximum absolute atomic E-state index is 12.3. The molecule has 18 heavy (non-hydrogen) atoms. The lowest BCUT2D eigenvalue weighted by atomic mass is 10.1. The number of nitrogens with one attached hydrogen (secondary N) is 1. The van der Waals surface area contributed by atoms with Gasteiger partial charge in [-0.1, -0.05) is 11.6 Å². The summed E-state index contributed by atoms with van der Waals surface area (Å²) in [7, 11) is 0. The van der Waals surface area contributed by atoms with Gasteiger partial charge in [-0.2, -0.15) is 0 Å². The molecule has 0 atom stereocenters. The van der Waals surface area contributed by atoms with Crippen molar-refractivity contribution in [3.05, 3.63) is 28.8 Å². The third kappa shape index (κ3) is 2.93. The zero-order valence-corrected chi connectivity index (χ0v) is 10.6. The Bertz CT molecular complexity index is 433. The summed E-state index contributed by atoms with van der Waals surface area (Å²) in [6.45, 7) is 1.08. The number of aliphatic hydroxyl groups is 1. The molecule has 1 amide bonds. The molecule has 1 aliphatic rings. The van der Waals surface area contributed by atoms with Gasteiger partial charge in [0.05, 0.1) is 11.3 Å². The molecule has 1 heterocycles. The van der Waals surface area contributed by atoms with Crippen molar-refractivity contribution in [2.75, 3.05) is 25.4 Å². The van der Waals surface area contributed by atoms with Gasteiger partial charge >= 0.3 is 0 Å². The van der Waals surface area contributed by atoms with Crippen molar-refractivity contribution in [3.8, 4) is 0 Å². The first-order chi connectivity index (χ1) is 8.72.